The second-order valence-electron chi connectivity index (χ2n) is 14.0. The fraction of sp³-hybridized carbons (Fsp3) is 0.0943. The average molecular weight is 723 g/mol. The molecule has 2 aliphatic rings. The van der Waals surface area contributed by atoms with Crippen LogP contribution in [0.1, 0.15) is 58.6 Å². The van der Waals surface area contributed by atoms with Crippen molar-refractivity contribution < 1.29 is 4.42 Å². The van der Waals surface area contributed by atoms with Crippen LogP contribution in [0.25, 0.3) is 39.3 Å². The number of aliphatic imine (C=N–C) groups is 2. The standard InChI is InChI=1S/C51H36N2O.C2H6/c1-4-16-35(17-5-1)47-34-49-43(42-25-11-13-28-48(42)54-49)26-15-31-52-50(53-47)38-19-14-18-36(32-38)37-29-30-46-44(33-37)41-24-10-12-27-45(41)51(46,39-20-6-2-7-21-39)40-22-8-3-9-23-40;1-2/h1-30,32-33H,31,34H2;1-2H3/b26-15-,52-50?,53-47?;. The Bertz CT molecular complexity index is 2720. The van der Waals surface area contributed by atoms with Crippen molar-refractivity contribution in [3.63, 3.8) is 0 Å². The summed E-state index contributed by atoms with van der Waals surface area (Å²) < 4.78 is 6.45. The van der Waals surface area contributed by atoms with Crippen LogP contribution < -0.4 is 0 Å². The quantitative estimate of drug-likeness (QED) is 0.174. The predicted octanol–water partition coefficient (Wildman–Crippen LogP) is 13.0. The van der Waals surface area contributed by atoms with Crippen LogP contribution in [0.15, 0.2) is 202 Å². The lowest BCUT2D eigenvalue weighted by atomic mass is 9.67. The van der Waals surface area contributed by atoms with Crippen LogP contribution >= 0.6 is 0 Å². The van der Waals surface area contributed by atoms with E-state index in [0.717, 1.165) is 50.3 Å². The van der Waals surface area contributed by atoms with Gasteiger partial charge in [0.15, 0.2) is 5.84 Å². The maximum atomic E-state index is 6.45. The first-order chi connectivity index (χ1) is 27.8. The number of benzene rings is 7. The van der Waals surface area contributed by atoms with E-state index in [1.807, 2.05) is 32.0 Å². The lowest BCUT2D eigenvalue weighted by Crippen LogP contribution is -2.28. The Morgan fingerprint density at radius 2 is 1.12 bits per heavy atom. The molecule has 270 valence electrons. The largest absolute Gasteiger partial charge is 0.460 e. The zero-order chi connectivity index (χ0) is 37.9. The van der Waals surface area contributed by atoms with Gasteiger partial charge < -0.3 is 4.42 Å². The van der Waals surface area contributed by atoms with Crippen molar-refractivity contribution in [2.75, 3.05) is 6.54 Å². The first-order valence-electron chi connectivity index (χ1n) is 19.6. The molecule has 0 saturated carbocycles. The topological polar surface area (TPSA) is 37.9 Å². The summed E-state index contributed by atoms with van der Waals surface area (Å²) in [6.07, 6.45) is 4.81. The maximum Gasteiger partial charge on any atom is 0.155 e. The Morgan fingerprint density at radius 3 is 1.89 bits per heavy atom. The van der Waals surface area contributed by atoms with Crippen LogP contribution in [-0.2, 0) is 11.8 Å². The highest BCUT2D eigenvalue weighted by molar-refractivity contribution is 6.13. The van der Waals surface area contributed by atoms with Gasteiger partial charge in [0.1, 0.15) is 11.3 Å². The first kappa shape index (κ1) is 34.9. The lowest BCUT2D eigenvalue weighted by Gasteiger charge is -2.33. The molecular weight excluding hydrogens is 681 g/mol. The maximum absolute atomic E-state index is 6.45. The third-order valence-electron chi connectivity index (χ3n) is 10.9. The van der Waals surface area contributed by atoms with Crippen molar-refractivity contribution in [2.45, 2.75) is 25.7 Å². The second kappa shape index (κ2) is 15.1. The Morgan fingerprint density at radius 1 is 0.518 bits per heavy atom. The molecule has 0 saturated heterocycles. The SMILES string of the molecule is C1=C\c2c(oc3ccccc23)CC(c2ccccc2)=NC(c2cccc(-c3ccc4c(c3)-c3ccccc3C4(c3ccccc3)c3ccccc3)c2)=NC/1.CC. The highest BCUT2D eigenvalue weighted by Gasteiger charge is 2.45. The van der Waals surface area contributed by atoms with Gasteiger partial charge in [-0.3, -0.25) is 4.99 Å². The van der Waals surface area contributed by atoms with Gasteiger partial charge >= 0.3 is 0 Å². The van der Waals surface area contributed by atoms with Crippen LogP contribution in [0.4, 0.5) is 0 Å². The number of amidine groups is 1. The van der Waals surface area contributed by atoms with Crippen molar-refractivity contribution in [3.8, 4) is 22.3 Å². The summed E-state index contributed by atoms with van der Waals surface area (Å²) >= 11 is 0. The zero-order valence-electron chi connectivity index (χ0n) is 31.7. The summed E-state index contributed by atoms with van der Waals surface area (Å²) in [6.45, 7) is 4.50. The number of fused-ring (bicyclic) bond motifs is 6. The number of hydrogen-bond acceptors (Lipinski definition) is 3. The fourth-order valence-electron chi connectivity index (χ4n) is 8.51. The Kier molecular flexibility index (Phi) is 9.42. The van der Waals surface area contributed by atoms with E-state index in [2.05, 4.69) is 176 Å². The molecule has 56 heavy (non-hydrogen) atoms. The van der Waals surface area contributed by atoms with Gasteiger partial charge in [0.05, 0.1) is 17.7 Å². The normalized spacial score (nSPS) is 14.6. The van der Waals surface area contributed by atoms with Crippen LogP contribution in [0.3, 0.4) is 0 Å². The molecule has 0 unspecified atom stereocenters. The van der Waals surface area contributed by atoms with E-state index in [1.165, 1.54) is 33.4 Å². The molecule has 1 aliphatic heterocycles. The van der Waals surface area contributed by atoms with Gasteiger partial charge in [0, 0.05) is 22.9 Å². The summed E-state index contributed by atoms with van der Waals surface area (Å²) in [7, 11) is 0. The summed E-state index contributed by atoms with van der Waals surface area (Å²) in [6, 6.07) is 65.1. The highest BCUT2D eigenvalue weighted by atomic mass is 16.3. The molecule has 1 aromatic heterocycles. The van der Waals surface area contributed by atoms with E-state index in [4.69, 9.17) is 14.4 Å². The van der Waals surface area contributed by atoms with E-state index >= 15 is 0 Å². The number of para-hydroxylation sites is 1. The van der Waals surface area contributed by atoms with Crippen molar-refractivity contribution in [1.82, 2.24) is 0 Å². The minimum Gasteiger partial charge on any atom is -0.460 e. The number of rotatable bonds is 5. The number of nitrogens with zero attached hydrogens (tertiary/aromatic N) is 2. The molecule has 8 aromatic rings. The molecule has 7 aromatic carbocycles. The van der Waals surface area contributed by atoms with Crippen molar-refractivity contribution >= 4 is 28.6 Å². The highest BCUT2D eigenvalue weighted by Crippen LogP contribution is 2.56. The monoisotopic (exact) mass is 722 g/mol. The summed E-state index contributed by atoms with van der Waals surface area (Å²) in [5.41, 5.74) is 14.4. The number of hydrogen-bond donors (Lipinski definition) is 0. The van der Waals surface area contributed by atoms with E-state index in [9.17, 15) is 0 Å². The molecule has 2 heterocycles. The lowest BCUT2D eigenvalue weighted by molar-refractivity contribution is 0.568. The van der Waals surface area contributed by atoms with E-state index in [0.29, 0.717) is 18.8 Å². The van der Waals surface area contributed by atoms with Crippen LogP contribution in [-0.4, -0.2) is 18.1 Å². The Hall–Kier alpha value is -6.84. The molecule has 0 spiro atoms. The van der Waals surface area contributed by atoms with Crippen molar-refractivity contribution in [2.24, 2.45) is 9.98 Å². The van der Waals surface area contributed by atoms with Gasteiger partial charge in [-0.15, -0.1) is 0 Å². The minimum atomic E-state index is -0.421. The molecule has 0 amide bonds. The van der Waals surface area contributed by atoms with E-state index in [1.54, 1.807) is 0 Å². The Balaban J connectivity index is 0.00000202. The van der Waals surface area contributed by atoms with Crippen molar-refractivity contribution in [3.05, 3.63) is 233 Å². The molecule has 0 N–H and O–H groups in total. The minimum absolute atomic E-state index is 0.421. The molecule has 0 atom stereocenters. The summed E-state index contributed by atoms with van der Waals surface area (Å²) in [4.78, 5) is 10.4. The van der Waals surface area contributed by atoms with Crippen molar-refractivity contribution in [1.29, 1.82) is 0 Å². The smallest absolute Gasteiger partial charge is 0.155 e. The van der Waals surface area contributed by atoms with Gasteiger partial charge in [0.2, 0.25) is 0 Å². The summed E-state index contributed by atoms with van der Waals surface area (Å²) in [5.74, 6) is 1.61. The summed E-state index contributed by atoms with van der Waals surface area (Å²) in [5, 5.41) is 1.11. The molecule has 3 heteroatoms. The number of furan rings is 1. The molecule has 0 fully saturated rings. The van der Waals surface area contributed by atoms with E-state index < -0.39 is 5.41 Å². The predicted molar refractivity (Wildman–Crippen MR) is 234 cm³/mol. The second-order valence-corrected chi connectivity index (χ2v) is 14.0. The van der Waals surface area contributed by atoms with Gasteiger partial charge in [-0.25, -0.2) is 4.99 Å². The van der Waals surface area contributed by atoms with Crippen LogP contribution in [0.2, 0.25) is 0 Å². The molecule has 10 rings (SSSR count). The molecule has 0 bridgehead atoms. The average Bonchev–Trinajstić information content (AvgIpc) is 3.78. The van der Waals surface area contributed by atoms with Gasteiger partial charge in [-0.2, -0.15) is 0 Å². The Labute approximate surface area is 329 Å². The van der Waals surface area contributed by atoms with Crippen LogP contribution in [0.5, 0.6) is 0 Å². The molecular formula is C53H42N2O. The van der Waals surface area contributed by atoms with E-state index in [-0.39, 0.29) is 0 Å². The third kappa shape index (κ3) is 6.02. The zero-order valence-corrected chi connectivity index (χ0v) is 31.7. The third-order valence-corrected chi connectivity index (χ3v) is 10.9. The fourth-order valence-corrected chi connectivity index (χ4v) is 8.51. The molecule has 3 nitrogen and oxygen atoms in total. The van der Waals surface area contributed by atoms with Gasteiger partial charge in [-0.05, 0) is 68.3 Å². The first-order valence-corrected chi connectivity index (χ1v) is 19.6. The molecule has 1 aliphatic carbocycles. The van der Waals surface area contributed by atoms with Crippen LogP contribution in [0, 0.1) is 0 Å². The van der Waals surface area contributed by atoms with Gasteiger partial charge in [-0.1, -0.05) is 190 Å². The molecule has 0 radical (unpaired) electrons. The van der Waals surface area contributed by atoms with Gasteiger partial charge in [0.25, 0.3) is 0 Å².